The first-order valence-electron chi connectivity index (χ1n) is 20.7. The van der Waals surface area contributed by atoms with Crippen molar-refractivity contribution in [2.75, 3.05) is 0 Å². The van der Waals surface area contributed by atoms with Crippen LogP contribution in [0.15, 0.2) is 218 Å². The molecule has 2 nitrogen and oxygen atoms in total. The van der Waals surface area contributed by atoms with Gasteiger partial charge >= 0.3 is 0 Å². The zero-order chi connectivity index (χ0) is 40.3. The summed E-state index contributed by atoms with van der Waals surface area (Å²) < 4.78 is 2.63. The second kappa shape index (κ2) is 14.5. The fraction of sp³-hybridized carbons (Fsp3) is 0. The molecule has 0 aliphatic carbocycles. The molecule has 0 bridgehead atoms. The third-order valence-corrected chi connectivity index (χ3v) is 13.3. The zero-order valence-corrected chi connectivity index (χ0v) is 33.9. The van der Waals surface area contributed by atoms with Crippen LogP contribution in [0.3, 0.4) is 0 Å². The number of thiophene rings is 1. The molecule has 0 saturated carbocycles. The van der Waals surface area contributed by atoms with Crippen LogP contribution in [0.25, 0.3) is 120 Å². The molecular weight excluding hydrogens is 757 g/mol. The quantitative estimate of drug-likeness (QED) is 0.124. The van der Waals surface area contributed by atoms with E-state index in [4.69, 9.17) is 9.97 Å². The molecule has 2 heterocycles. The standard InChI is InChI=1S/C58H36N2S/c1-3-15-41(16-4-1)55-48-22-10-9-21-47(48)54(50-35-34-37-14-7-8-19-44(37)56(50)55)42-32-30-40(31-33-42)52-36-51(59-58(60-52)43-17-5-2-6-18-43)39-28-26-38(27-29-39)45-23-13-24-49-46-20-11-12-25-53(46)61-57(45)49/h1-36H. The Bertz CT molecular complexity index is 3610. The molecule has 2 aromatic heterocycles. The highest BCUT2D eigenvalue weighted by molar-refractivity contribution is 7.26. The Morgan fingerprint density at radius 2 is 0.836 bits per heavy atom. The normalized spacial score (nSPS) is 11.6. The second-order valence-electron chi connectivity index (χ2n) is 15.6. The lowest BCUT2D eigenvalue weighted by Crippen LogP contribution is -1.96. The van der Waals surface area contributed by atoms with Gasteiger partial charge in [-0.25, -0.2) is 9.97 Å². The van der Waals surface area contributed by atoms with Crippen molar-refractivity contribution in [2.24, 2.45) is 0 Å². The van der Waals surface area contributed by atoms with Crippen molar-refractivity contribution in [1.82, 2.24) is 9.97 Å². The van der Waals surface area contributed by atoms with Crippen molar-refractivity contribution in [2.45, 2.75) is 0 Å². The average molecular weight is 793 g/mol. The third-order valence-electron chi connectivity index (χ3n) is 12.1. The smallest absolute Gasteiger partial charge is 0.160 e. The molecule has 3 heteroatoms. The fourth-order valence-electron chi connectivity index (χ4n) is 9.23. The van der Waals surface area contributed by atoms with Gasteiger partial charge in [0.2, 0.25) is 0 Å². The van der Waals surface area contributed by atoms with Crippen LogP contribution in [0.5, 0.6) is 0 Å². The summed E-state index contributed by atoms with van der Waals surface area (Å²) in [4.78, 5) is 10.4. The molecule has 10 aromatic carbocycles. The van der Waals surface area contributed by atoms with Crippen molar-refractivity contribution in [3.8, 4) is 67.3 Å². The van der Waals surface area contributed by atoms with Crippen LogP contribution < -0.4 is 0 Å². The Morgan fingerprint density at radius 3 is 1.54 bits per heavy atom. The topological polar surface area (TPSA) is 25.8 Å². The van der Waals surface area contributed by atoms with E-state index in [9.17, 15) is 0 Å². The SMILES string of the molecule is c1ccc(-c2nc(-c3ccc(-c4c5ccccc5c(-c5ccccc5)c5c4ccc4ccccc45)cc3)cc(-c3ccc(-c4cccc5c4sc4ccccc45)cc3)n2)cc1. The summed E-state index contributed by atoms with van der Waals surface area (Å²) in [6, 6.07) is 78.6. The van der Waals surface area contributed by atoms with Crippen molar-refractivity contribution >= 4 is 63.8 Å². The summed E-state index contributed by atoms with van der Waals surface area (Å²) in [6.07, 6.45) is 0. The predicted molar refractivity (Wildman–Crippen MR) is 260 cm³/mol. The Morgan fingerprint density at radius 1 is 0.311 bits per heavy atom. The van der Waals surface area contributed by atoms with Crippen molar-refractivity contribution in [3.63, 3.8) is 0 Å². The van der Waals surface area contributed by atoms with Crippen LogP contribution in [0.1, 0.15) is 0 Å². The van der Waals surface area contributed by atoms with Crippen LogP contribution >= 0.6 is 11.3 Å². The summed E-state index contributed by atoms with van der Waals surface area (Å²) in [7, 11) is 0. The van der Waals surface area contributed by atoms with Gasteiger partial charge < -0.3 is 0 Å². The van der Waals surface area contributed by atoms with E-state index in [1.165, 1.54) is 85.9 Å². The van der Waals surface area contributed by atoms with Gasteiger partial charge in [0, 0.05) is 36.9 Å². The van der Waals surface area contributed by atoms with Gasteiger partial charge in [0.25, 0.3) is 0 Å². The van der Waals surface area contributed by atoms with Gasteiger partial charge in [-0.1, -0.05) is 206 Å². The van der Waals surface area contributed by atoms with Crippen LogP contribution in [0.4, 0.5) is 0 Å². The van der Waals surface area contributed by atoms with Crippen molar-refractivity contribution < 1.29 is 0 Å². The van der Waals surface area contributed by atoms with Gasteiger partial charge in [-0.3, -0.25) is 0 Å². The lowest BCUT2D eigenvalue weighted by molar-refractivity contribution is 1.18. The largest absolute Gasteiger partial charge is 0.228 e. The Balaban J connectivity index is 0.983. The van der Waals surface area contributed by atoms with Crippen LogP contribution in [-0.4, -0.2) is 9.97 Å². The number of rotatable bonds is 6. The van der Waals surface area contributed by atoms with E-state index in [2.05, 4.69) is 200 Å². The van der Waals surface area contributed by atoms with Gasteiger partial charge in [0.05, 0.1) is 11.4 Å². The minimum absolute atomic E-state index is 0.705. The maximum atomic E-state index is 5.19. The van der Waals surface area contributed by atoms with Crippen molar-refractivity contribution in [3.05, 3.63) is 218 Å². The Kier molecular flexibility index (Phi) is 8.39. The maximum Gasteiger partial charge on any atom is 0.160 e. The van der Waals surface area contributed by atoms with E-state index in [1.807, 2.05) is 29.5 Å². The fourth-order valence-corrected chi connectivity index (χ4v) is 10.5. The Hall–Kier alpha value is -7.72. The number of aromatic nitrogens is 2. The monoisotopic (exact) mass is 792 g/mol. The first kappa shape index (κ1) is 35.2. The van der Waals surface area contributed by atoms with E-state index in [-0.39, 0.29) is 0 Å². The van der Waals surface area contributed by atoms with Gasteiger partial charge in [0.15, 0.2) is 5.82 Å². The Labute approximate surface area is 357 Å². The number of hydrogen-bond acceptors (Lipinski definition) is 3. The third kappa shape index (κ3) is 6.01. The van der Waals surface area contributed by atoms with E-state index >= 15 is 0 Å². The molecule has 0 aliphatic heterocycles. The first-order valence-corrected chi connectivity index (χ1v) is 21.5. The average Bonchev–Trinajstić information content (AvgIpc) is 3.73. The van der Waals surface area contributed by atoms with E-state index in [1.54, 1.807) is 0 Å². The lowest BCUT2D eigenvalue weighted by Gasteiger charge is -2.19. The lowest BCUT2D eigenvalue weighted by atomic mass is 9.84. The highest BCUT2D eigenvalue weighted by Crippen LogP contribution is 2.47. The number of fused-ring (bicyclic) bond motifs is 7. The minimum atomic E-state index is 0.705. The highest BCUT2D eigenvalue weighted by Gasteiger charge is 2.19. The predicted octanol–water partition coefficient (Wildman–Crippen LogP) is 16.3. The molecule has 0 saturated heterocycles. The molecule has 0 spiro atoms. The second-order valence-corrected chi connectivity index (χ2v) is 16.7. The molecule has 12 rings (SSSR count). The molecule has 0 amide bonds. The molecule has 0 aliphatic rings. The zero-order valence-electron chi connectivity index (χ0n) is 33.1. The van der Waals surface area contributed by atoms with E-state index < -0.39 is 0 Å². The highest BCUT2D eigenvalue weighted by atomic mass is 32.1. The van der Waals surface area contributed by atoms with Gasteiger partial charge in [0.1, 0.15) is 0 Å². The van der Waals surface area contributed by atoms with Gasteiger partial charge in [-0.15, -0.1) is 11.3 Å². The number of hydrogen-bond donors (Lipinski definition) is 0. The van der Waals surface area contributed by atoms with Gasteiger partial charge in [-0.2, -0.15) is 0 Å². The van der Waals surface area contributed by atoms with E-state index in [0.717, 1.165) is 28.1 Å². The van der Waals surface area contributed by atoms with E-state index in [0.29, 0.717) is 5.82 Å². The molecule has 0 unspecified atom stereocenters. The minimum Gasteiger partial charge on any atom is -0.228 e. The summed E-state index contributed by atoms with van der Waals surface area (Å²) in [5, 5.41) is 10.1. The molecule has 0 fully saturated rings. The molecule has 61 heavy (non-hydrogen) atoms. The number of nitrogens with zero attached hydrogens (tertiary/aromatic N) is 2. The molecule has 0 N–H and O–H groups in total. The number of benzene rings is 10. The summed E-state index contributed by atoms with van der Waals surface area (Å²) in [5.74, 6) is 0.705. The molecule has 0 radical (unpaired) electrons. The van der Waals surface area contributed by atoms with Crippen molar-refractivity contribution in [1.29, 1.82) is 0 Å². The van der Waals surface area contributed by atoms with Crippen LogP contribution in [0, 0.1) is 0 Å². The summed E-state index contributed by atoms with van der Waals surface area (Å²) in [6.45, 7) is 0. The maximum absolute atomic E-state index is 5.19. The summed E-state index contributed by atoms with van der Waals surface area (Å²) in [5.41, 5.74) is 12.2. The summed E-state index contributed by atoms with van der Waals surface area (Å²) >= 11 is 1.86. The van der Waals surface area contributed by atoms with Crippen LogP contribution in [0.2, 0.25) is 0 Å². The first-order chi connectivity index (χ1) is 30.2. The van der Waals surface area contributed by atoms with Gasteiger partial charge in [-0.05, 0) is 77.8 Å². The molecular formula is C58H36N2S. The molecule has 0 atom stereocenters. The molecule has 284 valence electrons. The molecule has 12 aromatic rings. The van der Waals surface area contributed by atoms with Crippen LogP contribution in [-0.2, 0) is 0 Å².